The first-order chi connectivity index (χ1) is 13.5. The van der Waals surface area contributed by atoms with Gasteiger partial charge in [0, 0.05) is 13.0 Å². The molecule has 29 heavy (non-hydrogen) atoms. The number of carbonyl (C=O) groups is 1. The summed E-state index contributed by atoms with van der Waals surface area (Å²) in [5.41, 5.74) is 6.13. The van der Waals surface area contributed by atoms with Gasteiger partial charge in [-0.05, 0) is 74.9 Å². The lowest BCUT2D eigenvalue weighted by molar-refractivity contribution is -0.121. The zero-order valence-electron chi connectivity index (χ0n) is 18.2. The molecule has 0 aliphatic heterocycles. The summed E-state index contributed by atoms with van der Waals surface area (Å²) < 4.78 is 26.0. The molecule has 5 nitrogen and oxygen atoms in total. The van der Waals surface area contributed by atoms with E-state index in [1.165, 1.54) is 21.7 Å². The van der Waals surface area contributed by atoms with E-state index in [2.05, 4.69) is 31.3 Å². The second-order valence-electron chi connectivity index (χ2n) is 7.79. The number of sulfonamides is 1. The molecule has 2 rings (SSSR count). The van der Waals surface area contributed by atoms with Crippen LogP contribution in [0.3, 0.4) is 0 Å². The number of hydrogen-bond donors (Lipinski definition) is 1. The van der Waals surface area contributed by atoms with Gasteiger partial charge in [-0.3, -0.25) is 9.10 Å². The maximum absolute atomic E-state index is 12.4. The van der Waals surface area contributed by atoms with Crippen molar-refractivity contribution in [1.82, 2.24) is 5.32 Å². The molecule has 0 saturated carbocycles. The van der Waals surface area contributed by atoms with Crippen LogP contribution in [0.4, 0.5) is 5.69 Å². The van der Waals surface area contributed by atoms with Gasteiger partial charge in [0.15, 0.2) is 0 Å². The first-order valence-electron chi connectivity index (χ1n) is 9.91. The highest BCUT2D eigenvalue weighted by molar-refractivity contribution is 7.92. The average molecular weight is 417 g/mol. The van der Waals surface area contributed by atoms with Crippen LogP contribution in [-0.2, 0) is 14.8 Å². The summed E-state index contributed by atoms with van der Waals surface area (Å²) in [6.07, 6.45) is 1.93. The van der Waals surface area contributed by atoms with E-state index in [9.17, 15) is 13.2 Å². The molecule has 0 fully saturated rings. The van der Waals surface area contributed by atoms with Crippen LogP contribution in [0.1, 0.15) is 53.6 Å². The van der Waals surface area contributed by atoms with Crippen molar-refractivity contribution in [1.29, 1.82) is 0 Å². The first kappa shape index (κ1) is 22.9. The molecule has 0 aliphatic rings. The molecule has 0 aromatic heterocycles. The van der Waals surface area contributed by atoms with Gasteiger partial charge < -0.3 is 5.32 Å². The van der Waals surface area contributed by atoms with Crippen LogP contribution in [0.25, 0.3) is 0 Å². The molecular weight excluding hydrogens is 384 g/mol. The molecule has 1 atom stereocenters. The fraction of sp³-hybridized carbons (Fsp3) is 0.435. The Hall–Kier alpha value is -2.34. The molecule has 0 spiro atoms. The Bertz CT molecular complexity index is 984. The van der Waals surface area contributed by atoms with Crippen molar-refractivity contribution < 1.29 is 13.2 Å². The second-order valence-corrected chi connectivity index (χ2v) is 9.70. The number of carbonyl (C=O) groups excluding carboxylic acids is 1. The van der Waals surface area contributed by atoms with Crippen LogP contribution < -0.4 is 9.62 Å². The molecule has 158 valence electrons. The predicted octanol–water partition coefficient (Wildman–Crippen LogP) is 4.34. The zero-order valence-corrected chi connectivity index (χ0v) is 19.1. The third-order valence-electron chi connectivity index (χ3n) is 5.42. The predicted molar refractivity (Wildman–Crippen MR) is 120 cm³/mol. The fourth-order valence-corrected chi connectivity index (χ4v) is 4.30. The molecule has 0 radical (unpaired) electrons. The van der Waals surface area contributed by atoms with E-state index in [0.717, 1.165) is 16.7 Å². The third kappa shape index (κ3) is 6.07. The van der Waals surface area contributed by atoms with Crippen LogP contribution in [-0.4, -0.2) is 27.1 Å². The van der Waals surface area contributed by atoms with Gasteiger partial charge in [0.05, 0.1) is 18.0 Å². The van der Waals surface area contributed by atoms with Crippen molar-refractivity contribution in [2.45, 2.75) is 53.5 Å². The van der Waals surface area contributed by atoms with Crippen LogP contribution in [0.15, 0.2) is 36.4 Å². The van der Waals surface area contributed by atoms with Gasteiger partial charge in [0.2, 0.25) is 15.9 Å². The highest BCUT2D eigenvalue weighted by Crippen LogP contribution is 2.25. The number of amides is 1. The van der Waals surface area contributed by atoms with Crippen molar-refractivity contribution in [3.8, 4) is 0 Å². The Morgan fingerprint density at radius 1 is 1.03 bits per heavy atom. The van der Waals surface area contributed by atoms with E-state index in [4.69, 9.17) is 0 Å². The van der Waals surface area contributed by atoms with Gasteiger partial charge in [-0.15, -0.1) is 0 Å². The van der Waals surface area contributed by atoms with Gasteiger partial charge in [0.1, 0.15) is 0 Å². The summed E-state index contributed by atoms with van der Waals surface area (Å²) in [6, 6.07) is 11.7. The monoisotopic (exact) mass is 416 g/mol. The number of hydrogen-bond acceptors (Lipinski definition) is 3. The highest BCUT2D eigenvalue weighted by Gasteiger charge is 2.20. The molecular formula is C23H32N2O3S. The lowest BCUT2D eigenvalue weighted by Crippen LogP contribution is -2.33. The zero-order chi connectivity index (χ0) is 21.8. The first-order valence-corrected chi connectivity index (χ1v) is 11.8. The number of nitrogens with zero attached hydrogens (tertiary/aromatic N) is 1. The summed E-state index contributed by atoms with van der Waals surface area (Å²) in [7, 11) is -3.43. The fourth-order valence-electron chi connectivity index (χ4n) is 3.28. The summed E-state index contributed by atoms with van der Waals surface area (Å²) >= 11 is 0. The highest BCUT2D eigenvalue weighted by atomic mass is 32.2. The Morgan fingerprint density at radius 3 is 2.34 bits per heavy atom. The number of benzene rings is 2. The van der Waals surface area contributed by atoms with Crippen LogP contribution in [0.2, 0.25) is 0 Å². The minimum absolute atomic E-state index is 0.0786. The standard InChI is InChI=1S/C23H32N2O3S/c1-16-12-13-21(15-18(16)3)20(5)24-23(26)11-8-14-25(29(6,27)28)22-10-7-9-17(2)19(22)4/h7,9-10,12-13,15,20H,8,11,14H2,1-6H3,(H,24,26). The molecule has 1 unspecified atom stereocenters. The molecule has 0 heterocycles. The van der Waals surface area contributed by atoms with Gasteiger partial charge in [-0.25, -0.2) is 8.42 Å². The SMILES string of the molecule is Cc1ccc(C(C)NC(=O)CCCN(c2cccc(C)c2C)S(C)(=O)=O)cc1C. The van der Waals surface area contributed by atoms with E-state index >= 15 is 0 Å². The molecule has 2 aromatic rings. The molecule has 1 amide bonds. The van der Waals surface area contributed by atoms with Gasteiger partial charge in [-0.2, -0.15) is 0 Å². The molecule has 1 N–H and O–H groups in total. The van der Waals surface area contributed by atoms with Gasteiger partial charge >= 0.3 is 0 Å². The van der Waals surface area contributed by atoms with Crippen molar-refractivity contribution >= 4 is 21.6 Å². The smallest absolute Gasteiger partial charge is 0.232 e. The maximum Gasteiger partial charge on any atom is 0.232 e. The largest absolute Gasteiger partial charge is 0.350 e. The lowest BCUT2D eigenvalue weighted by atomic mass is 10.0. The Labute approximate surface area is 175 Å². The Morgan fingerprint density at radius 2 is 1.72 bits per heavy atom. The van der Waals surface area contributed by atoms with Crippen LogP contribution >= 0.6 is 0 Å². The molecule has 0 saturated heterocycles. The number of nitrogens with one attached hydrogen (secondary N) is 1. The molecule has 6 heteroatoms. The lowest BCUT2D eigenvalue weighted by Gasteiger charge is -2.25. The van der Waals surface area contributed by atoms with Crippen LogP contribution in [0.5, 0.6) is 0 Å². The molecule has 0 aliphatic carbocycles. The number of aryl methyl sites for hydroxylation is 3. The van der Waals surface area contributed by atoms with E-state index in [1.54, 1.807) is 0 Å². The van der Waals surface area contributed by atoms with E-state index in [1.807, 2.05) is 45.0 Å². The van der Waals surface area contributed by atoms with Crippen LogP contribution in [0, 0.1) is 27.7 Å². The van der Waals surface area contributed by atoms with Gasteiger partial charge in [-0.1, -0.05) is 30.3 Å². The maximum atomic E-state index is 12.4. The summed E-state index contributed by atoms with van der Waals surface area (Å²) in [5, 5.41) is 3.01. The van der Waals surface area contributed by atoms with E-state index < -0.39 is 10.0 Å². The average Bonchev–Trinajstić information content (AvgIpc) is 2.63. The summed E-state index contributed by atoms with van der Waals surface area (Å²) in [5.74, 6) is -0.0786. The minimum Gasteiger partial charge on any atom is -0.350 e. The summed E-state index contributed by atoms with van der Waals surface area (Å²) in [4.78, 5) is 12.4. The van der Waals surface area contributed by atoms with Crippen molar-refractivity contribution in [2.75, 3.05) is 17.1 Å². The topological polar surface area (TPSA) is 66.5 Å². The Kier molecular flexibility index (Phi) is 7.47. The third-order valence-corrected chi connectivity index (χ3v) is 6.60. The number of anilines is 1. The quantitative estimate of drug-likeness (QED) is 0.696. The normalized spacial score (nSPS) is 12.5. The van der Waals surface area contributed by atoms with Crippen molar-refractivity contribution in [3.63, 3.8) is 0 Å². The molecule has 2 aromatic carbocycles. The van der Waals surface area contributed by atoms with Crippen molar-refractivity contribution in [2.24, 2.45) is 0 Å². The second kappa shape index (κ2) is 9.44. The minimum atomic E-state index is -3.43. The summed E-state index contributed by atoms with van der Waals surface area (Å²) in [6.45, 7) is 10.2. The molecule has 0 bridgehead atoms. The van der Waals surface area contributed by atoms with E-state index in [-0.39, 0.29) is 24.9 Å². The Balaban J connectivity index is 1.99. The van der Waals surface area contributed by atoms with Crippen molar-refractivity contribution in [3.05, 3.63) is 64.2 Å². The number of rotatable bonds is 8. The van der Waals surface area contributed by atoms with Gasteiger partial charge in [0.25, 0.3) is 0 Å². The van der Waals surface area contributed by atoms with E-state index in [0.29, 0.717) is 12.1 Å².